The molecule has 0 bridgehead atoms. The molecule has 0 aliphatic rings. The van der Waals surface area contributed by atoms with Crippen molar-refractivity contribution in [1.82, 2.24) is 9.78 Å². The van der Waals surface area contributed by atoms with Crippen LogP contribution in [0, 0.1) is 30.6 Å². The molecule has 0 spiro atoms. The van der Waals surface area contributed by atoms with Gasteiger partial charge in [-0.2, -0.15) is 10.4 Å². The summed E-state index contributed by atoms with van der Waals surface area (Å²) in [5.41, 5.74) is 2.93. The molecule has 1 heterocycles. The Balaban J connectivity index is 2.53. The van der Waals surface area contributed by atoms with Crippen molar-refractivity contribution in [2.45, 2.75) is 46.6 Å². The zero-order valence-corrected chi connectivity index (χ0v) is 19.6. The van der Waals surface area contributed by atoms with Gasteiger partial charge in [-0.15, -0.1) is 6.42 Å². The largest absolute Gasteiger partial charge is 0.512 e. The molecule has 2 rings (SSSR count). The summed E-state index contributed by atoms with van der Waals surface area (Å²) >= 11 is 6.51. The number of hydrogen-bond acceptors (Lipinski definition) is 6. The zero-order valence-electron chi connectivity index (χ0n) is 18.9. The van der Waals surface area contributed by atoms with E-state index in [0.717, 1.165) is 5.56 Å². The predicted octanol–water partition coefficient (Wildman–Crippen LogP) is 5.31. The molecule has 168 valence electrons. The monoisotopic (exact) mass is 455 g/mol. The highest BCUT2D eigenvalue weighted by Gasteiger charge is 2.24. The Morgan fingerprint density at radius 1 is 1.22 bits per heavy atom. The van der Waals surface area contributed by atoms with Gasteiger partial charge < -0.3 is 14.2 Å². The lowest BCUT2D eigenvalue weighted by Gasteiger charge is -2.19. The van der Waals surface area contributed by atoms with Crippen LogP contribution in [0.5, 0.6) is 0 Å². The van der Waals surface area contributed by atoms with Gasteiger partial charge in [0.15, 0.2) is 12.4 Å². The number of terminal acetylenes is 1. The van der Waals surface area contributed by atoms with Crippen molar-refractivity contribution in [2.75, 3.05) is 13.4 Å². The first kappa shape index (κ1) is 24.8. The zero-order chi connectivity index (χ0) is 23.9. The first-order chi connectivity index (χ1) is 15.1. The van der Waals surface area contributed by atoms with E-state index in [2.05, 4.69) is 42.6 Å². The van der Waals surface area contributed by atoms with Gasteiger partial charge in [0.05, 0.1) is 10.7 Å². The van der Waals surface area contributed by atoms with Crippen LogP contribution in [-0.4, -0.2) is 29.3 Å². The molecule has 0 atom stereocenters. The van der Waals surface area contributed by atoms with Gasteiger partial charge in [-0.05, 0) is 30.4 Å². The Labute approximate surface area is 193 Å². The highest BCUT2D eigenvalue weighted by Crippen LogP contribution is 2.34. The van der Waals surface area contributed by atoms with E-state index in [9.17, 15) is 10.1 Å². The molecule has 0 N–H and O–H groups in total. The van der Waals surface area contributed by atoms with Gasteiger partial charge in [0.25, 0.3) is 0 Å². The summed E-state index contributed by atoms with van der Waals surface area (Å²) < 4.78 is 17.0. The second-order valence-corrected chi connectivity index (χ2v) is 8.23. The average molecular weight is 456 g/mol. The Hall–Kier alpha value is -3.42. The number of carbonyl (C=O) groups excluding carboxylic acids is 1. The number of nitriles is 1. The molecular formula is C24H26ClN3O4. The van der Waals surface area contributed by atoms with Crippen molar-refractivity contribution in [3.8, 4) is 18.4 Å². The third-order valence-electron chi connectivity index (χ3n) is 4.60. The normalized spacial score (nSPS) is 11.8. The maximum absolute atomic E-state index is 11.6. The number of aryl methyl sites for hydroxylation is 2. The number of nitrogens with zero attached hydrogens (tertiary/aromatic N) is 3. The number of hydrogen-bond donors (Lipinski definition) is 0. The third kappa shape index (κ3) is 5.84. The van der Waals surface area contributed by atoms with E-state index in [1.54, 1.807) is 11.6 Å². The maximum atomic E-state index is 11.6. The van der Waals surface area contributed by atoms with Crippen molar-refractivity contribution in [3.63, 3.8) is 0 Å². The molecule has 0 unspecified atom stereocenters. The summed E-state index contributed by atoms with van der Waals surface area (Å²) in [6.45, 7) is 9.73. The van der Waals surface area contributed by atoms with Crippen LogP contribution in [0.2, 0.25) is 5.02 Å². The van der Waals surface area contributed by atoms with Crippen molar-refractivity contribution in [1.29, 1.82) is 5.26 Å². The molecule has 2 aromatic rings. The quantitative estimate of drug-likeness (QED) is 0.185. The fourth-order valence-corrected chi connectivity index (χ4v) is 3.15. The molecule has 1 aromatic carbocycles. The van der Waals surface area contributed by atoms with Crippen LogP contribution in [0.4, 0.5) is 4.79 Å². The van der Waals surface area contributed by atoms with Gasteiger partial charge in [-0.25, -0.2) is 4.79 Å². The molecule has 0 saturated heterocycles. The molecule has 0 aliphatic heterocycles. The van der Waals surface area contributed by atoms with Gasteiger partial charge in [0.2, 0.25) is 6.79 Å². The SMILES string of the molecule is C#CCOC(=O)OCO/C(=C(/C#N)c1ccc(C(C)(C)C)cc1)c1c(Cl)c(C)nn1CC. The molecular weight excluding hydrogens is 430 g/mol. The Kier molecular flexibility index (Phi) is 8.34. The summed E-state index contributed by atoms with van der Waals surface area (Å²) in [4.78, 5) is 11.6. The number of benzene rings is 1. The summed E-state index contributed by atoms with van der Waals surface area (Å²) in [5.74, 6) is 2.31. The van der Waals surface area contributed by atoms with Gasteiger partial charge in [0, 0.05) is 6.54 Å². The van der Waals surface area contributed by atoms with Crippen molar-refractivity contribution >= 4 is 29.1 Å². The van der Waals surface area contributed by atoms with Crippen molar-refractivity contribution in [2.24, 2.45) is 0 Å². The van der Waals surface area contributed by atoms with Gasteiger partial charge in [-0.1, -0.05) is 62.6 Å². The molecule has 1 aromatic heterocycles. The first-order valence-electron chi connectivity index (χ1n) is 9.98. The van der Waals surface area contributed by atoms with Crippen LogP contribution in [-0.2, 0) is 26.2 Å². The Bertz CT molecular complexity index is 1080. The molecule has 32 heavy (non-hydrogen) atoms. The van der Waals surface area contributed by atoms with E-state index in [-0.39, 0.29) is 23.4 Å². The molecule has 0 saturated carbocycles. The lowest BCUT2D eigenvalue weighted by molar-refractivity contribution is -0.000851. The van der Waals surface area contributed by atoms with E-state index in [1.807, 2.05) is 31.2 Å². The minimum atomic E-state index is -0.985. The van der Waals surface area contributed by atoms with Gasteiger partial charge in [-0.3, -0.25) is 4.68 Å². The topological polar surface area (TPSA) is 86.4 Å². The second kappa shape index (κ2) is 10.7. The number of allylic oxidation sites excluding steroid dienone is 1. The standard InChI is InChI=1S/C24H26ClN3O4/c1-7-13-30-23(29)32-15-31-22(21-20(25)16(3)27-28(21)8-2)19(14-26)17-9-11-18(12-10-17)24(4,5)6/h1,9-12H,8,13,15H2,2-6H3/b22-19-. The van der Waals surface area contributed by atoms with E-state index >= 15 is 0 Å². The van der Waals surface area contributed by atoms with Crippen molar-refractivity contribution < 1.29 is 19.0 Å². The number of ether oxygens (including phenoxy) is 3. The minimum absolute atomic E-state index is 0.0395. The van der Waals surface area contributed by atoms with Gasteiger partial charge in [0.1, 0.15) is 17.3 Å². The van der Waals surface area contributed by atoms with Crippen LogP contribution >= 0.6 is 11.6 Å². The van der Waals surface area contributed by atoms with Gasteiger partial charge >= 0.3 is 6.16 Å². The molecule has 0 fully saturated rings. The van der Waals surface area contributed by atoms with E-state index in [0.29, 0.717) is 28.5 Å². The lowest BCUT2D eigenvalue weighted by atomic mass is 9.86. The lowest BCUT2D eigenvalue weighted by Crippen LogP contribution is -2.13. The molecule has 0 radical (unpaired) electrons. The maximum Gasteiger partial charge on any atom is 0.512 e. The Morgan fingerprint density at radius 3 is 2.41 bits per heavy atom. The summed E-state index contributed by atoms with van der Waals surface area (Å²) in [6.07, 6.45) is 4.07. The summed E-state index contributed by atoms with van der Waals surface area (Å²) in [7, 11) is 0. The van der Waals surface area contributed by atoms with E-state index in [4.69, 9.17) is 27.5 Å². The Morgan fingerprint density at radius 2 is 1.88 bits per heavy atom. The van der Waals surface area contributed by atoms with Crippen molar-refractivity contribution in [3.05, 3.63) is 51.8 Å². The van der Waals surface area contributed by atoms with Crippen LogP contribution in [0.3, 0.4) is 0 Å². The number of halogens is 1. The number of rotatable bonds is 7. The number of aromatic nitrogens is 2. The summed E-state index contributed by atoms with van der Waals surface area (Å²) in [5, 5.41) is 14.8. The molecule has 0 aliphatic carbocycles. The highest BCUT2D eigenvalue weighted by atomic mass is 35.5. The number of carbonyl (C=O) groups is 1. The van der Waals surface area contributed by atoms with Crippen LogP contribution in [0.25, 0.3) is 11.3 Å². The smallest absolute Gasteiger partial charge is 0.453 e. The molecule has 7 nitrogen and oxygen atoms in total. The first-order valence-corrected chi connectivity index (χ1v) is 10.4. The predicted molar refractivity (Wildman–Crippen MR) is 122 cm³/mol. The minimum Gasteiger partial charge on any atom is -0.453 e. The van der Waals surface area contributed by atoms with E-state index < -0.39 is 12.9 Å². The third-order valence-corrected chi connectivity index (χ3v) is 5.05. The molecule has 8 heteroatoms. The van der Waals surface area contributed by atoms with Crippen LogP contribution in [0.1, 0.15) is 50.2 Å². The fourth-order valence-electron chi connectivity index (χ4n) is 2.93. The van der Waals surface area contributed by atoms with Crippen LogP contribution < -0.4 is 0 Å². The summed E-state index contributed by atoms with van der Waals surface area (Å²) in [6, 6.07) is 9.80. The highest BCUT2D eigenvalue weighted by molar-refractivity contribution is 6.33. The van der Waals surface area contributed by atoms with Crippen LogP contribution in [0.15, 0.2) is 24.3 Å². The second-order valence-electron chi connectivity index (χ2n) is 7.86. The fraction of sp³-hybridized carbons (Fsp3) is 0.375. The molecule has 0 amide bonds. The average Bonchev–Trinajstić information content (AvgIpc) is 3.04. The van der Waals surface area contributed by atoms with E-state index in [1.165, 1.54) is 0 Å².